The number of anilines is 3. The van der Waals surface area contributed by atoms with Gasteiger partial charge in [0.05, 0.1) is 34.0 Å². The maximum absolute atomic E-state index is 16.0. The Kier molecular flexibility index (Phi) is 9.51. The highest BCUT2D eigenvalue weighted by Gasteiger charge is 2.39. The van der Waals surface area contributed by atoms with Crippen LogP contribution in [-0.4, -0.2) is 54.5 Å². The number of fused-ring (bicyclic) bond motifs is 1. The van der Waals surface area contributed by atoms with Crippen LogP contribution in [0.1, 0.15) is 76.2 Å². The Morgan fingerprint density at radius 2 is 1.71 bits per heavy atom. The van der Waals surface area contributed by atoms with Crippen molar-refractivity contribution in [2.45, 2.75) is 83.5 Å². The van der Waals surface area contributed by atoms with E-state index in [1.165, 1.54) is 17.2 Å². The quantitative estimate of drug-likeness (QED) is 0.105. The van der Waals surface area contributed by atoms with Crippen LogP contribution in [-0.2, 0) is 5.54 Å². The summed E-state index contributed by atoms with van der Waals surface area (Å²) in [5.41, 5.74) is -0.359. The first kappa shape index (κ1) is 34.0. The van der Waals surface area contributed by atoms with Gasteiger partial charge in [-0.25, -0.2) is 19.2 Å². The predicted octanol–water partition coefficient (Wildman–Crippen LogP) is 7.59. The van der Waals surface area contributed by atoms with E-state index in [1.54, 1.807) is 18.2 Å². The number of amides is 2. The number of pyridine rings is 2. The third-order valence-corrected chi connectivity index (χ3v) is 8.60. The molecule has 4 aromatic rings. The van der Waals surface area contributed by atoms with Crippen LogP contribution in [0.15, 0.2) is 66.9 Å². The number of non-ortho nitro benzene ring substituents is 1. The van der Waals surface area contributed by atoms with Crippen molar-refractivity contribution in [1.29, 1.82) is 0 Å². The Bertz CT molecular complexity index is 1840. The van der Waals surface area contributed by atoms with Crippen LogP contribution in [0.25, 0.3) is 10.9 Å². The molecule has 2 aromatic carbocycles. The monoisotopic (exact) mass is 657 g/mol. The molecule has 0 unspecified atom stereocenters. The molecule has 252 valence electrons. The van der Waals surface area contributed by atoms with Gasteiger partial charge in [0.15, 0.2) is 11.6 Å². The summed E-state index contributed by atoms with van der Waals surface area (Å²) in [6, 6.07) is 15.8. The Morgan fingerprint density at radius 1 is 1.00 bits per heavy atom. The molecule has 5 rings (SSSR count). The number of para-hydroxylation sites is 1. The number of carboxylic acid groups (broad SMARTS) is 1. The molecule has 0 saturated heterocycles. The van der Waals surface area contributed by atoms with Gasteiger partial charge in [-0.15, -0.1) is 0 Å². The number of nitrogens with one attached hydrogen (secondary N) is 3. The van der Waals surface area contributed by atoms with E-state index < -0.39 is 45.9 Å². The topological polar surface area (TPSA) is 163 Å². The minimum atomic E-state index is -1.06. The number of rotatable bonds is 9. The summed E-state index contributed by atoms with van der Waals surface area (Å²) in [5, 5.41) is 31.4. The second kappa shape index (κ2) is 13.4. The SMILES string of the molecule is CC(C)(NC(=O)c1cc(F)c(N[C@H]2CCCC[C@H]2N(C(=O)O)C(C)(C)C)nc1Nc1cnc2c([N+](=O)[O-])cccc2c1)c1ccccc1. The molecule has 1 saturated carbocycles. The highest BCUT2D eigenvalue weighted by atomic mass is 19.1. The molecule has 0 aliphatic heterocycles. The van der Waals surface area contributed by atoms with Crippen LogP contribution < -0.4 is 16.0 Å². The van der Waals surface area contributed by atoms with E-state index in [1.807, 2.05) is 65.0 Å². The molecule has 2 atom stereocenters. The van der Waals surface area contributed by atoms with E-state index in [0.29, 0.717) is 23.9 Å². The van der Waals surface area contributed by atoms with Crippen LogP contribution in [0.5, 0.6) is 0 Å². The number of aromatic nitrogens is 2. The second-order valence-corrected chi connectivity index (χ2v) is 13.5. The minimum absolute atomic E-state index is 0.0186. The molecule has 2 amide bonds. The van der Waals surface area contributed by atoms with Crippen LogP contribution in [0.2, 0.25) is 0 Å². The van der Waals surface area contributed by atoms with Gasteiger partial charge in [-0.3, -0.25) is 19.8 Å². The average Bonchev–Trinajstić information content (AvgIpc) is 3.02. The van der Waals surface area contributed by atoms with E-state index in [9.17, 15) is 24.8 Å². The molecule has 48 heavy (non-hydrogen) atoms. The fourth-order valence-corrected chi connectivity index (χ4v) is 6.32. The van der Waals surface area contributed by atoms with Crippen molar-refractivity contribution in [2.24, 2.45) is 0 Å². The lowest BCUT2D eigenvalue weighted by Gasteiger charge is -2.45. The van der Waals surface area contributed by atoms with Gasteiger partial charge in [0, 0.05) is 23.0 Å². The zero-order valence-electron chi connectivity index (χ0n) is 27.6. The predicted molar refractivity (Wildman–Crippen MR) is 182 cm³/mol. The smallest absolute Gasteiger partial charge is 0.408 e. The summed E-state index contributed by atoms with van der Waals surface area (Å²) in [6.07, 6.45) is 3.16. The molecule has 2 heterocycles. The van der Waals surface area contributed by atoms with Gasteiger partial charge in [0.2, 0.25) is 0 Å². The molecule has 0 bridgehead atoms. The average molecular weight is 658 g/mol. The van der Waals surface area contributed by atoms with Crippen molar-refractivity contribution in [3.63, 3.8) is 0 Å². The second-order valence-electron chi connectivity index (χ2n) is 13.5. The third kappa shape index (κ3) is 7.29. The number of nitro groups is 1. The lowest BCUT2D eigenvalue weighted by atomic mass is 9.86. The number of halogens is 1. The molecular formula is C35H40FN7O5. The number of carbonyl (C=O) groups is 2. The van der Waals surface area contributed by atoms with Gasteiger partial charge in [-0.05, 0) is 65.2 Å². The van der Waals surface area contributed by atoms with E-state index in [0.717, 1.165) is 24.5 Å². The molecule has 1 fully saturated rings. The number of benzene rings is 2. The first-order chi connectivity index (χ1) is 22.7. The number of hydrogen-bond acceptors (Lipinski definition) is 8. The van der Waals surface area contributed by atoms with Gasteiger partial charge in [-0.1, -0.05) is 55.3 Å². The van der Waals surface area contributed by atoms with Crippen molar-refractivity contribution in [3.05, 3.63) is 93.9 Å². The minimum Gasteiger partial charge on any atom is -0.465 e. The van der Waals surface area contributed by atoms with Gasteiger partial charge in [-0.2, -0.15) is 0 Å². The Balaban J connectivity index is 1.54. The molecule has 0 radical (unpaired) electrons. The highest BCUT2D eigenvalue weighted by Crippen LogP contribution is 2.33. The van der Waals surface area contributed by atoms with Gasteiger partial charge >= 0.3 is 6.09 Å². The van der Waals surface area contributed by atoms with Crippen molar-refractivity contribution >= 4 is 45.9 Å². The number of nitrogens with zero attached hydrogens (tertiary/aromatic N) is 4. The van der Waals surface area contributed by atoms with Gasteiger partial charge < -0.3 is 21.1 Å². The molecule has 1 aliphatic rings. The van der Waals surface area contributed by atoms with Crippen molar-refractivity contribution in [1.82, 2.24) is 20.2 Å². The first-order valence-electron chi connectivity index (χ1n) is 15.8. The van der Waals surface area contributed by atoms with E-state index in [-0.39, 0.29) is 28.4 Å². The van der Waals surface area contributed by atoms with Crippen LogP contribution in [0.4, 0.5) is 32.2 Å². The molecular weight excluding hydrogens is 617 g/mol. The first-order valence-corrected chi connectivity index (χ1v) is 15.8. The Labute approximate surface area is 277 Å². The Hall–Kier alpha value is -5.33. The molecule has 2 aromatic heterocycles. The molecule has 0 spiro atoms. The lowest BCUT2D eigenvalue weighted by Crippen LogP contribution is -2.58. The van der Waals surface area contributed by atoms with Gasteiger partial charge in [0.1, 0.15) is 11.3 Å². The summed E-state index contributed by atoms with van der Waals surface area (Å²) >= 11 is 0. The lowest BCUT2D eigenvalue weighted by molar-refractivity contribution is -0.383. The van der Waals surface area contributed by atoms with Crippen LogP contribution in [0, 0.1) is 15.9 Å². The van der Waals surface area contributed by atoms with Crippen molar-refractivity contribution < 1.29 is 24.0 Å². The maximum atomic E-state index is 16.0. The van der Waals surface area contributed by atoms with E-state index in [4.69, 9.17) is 0 Å². The van der Waals surface area contributed by atoms with Crippen LogP contribution >= 0.6 is 0 Å². The number of hydrogen-bond donors (Lipinski definition) is 4. The molecule has 1 aliphatic carbocycles. The fourth-order valence-electron chi connectivity index (χ4n) is 6.32. The Morgan fingerprint density at radius 3 is 2.38 bits per heavy atom. The molecule has 4 N–H and O–H groups in total. The summed E-state index contributed by atoms with van der Waals surface area (Å²) in [7, 11) is 0. The molecule has 12 nitrogen and oxygen atoms in total. The van der Waals surface area contributed by atoms with Gasteiger partial charge in [0.25, 0.3) is 11.6 Å². The number of carbonyl (C=O) groups excluding carboxylic acids is 1. The number of nitro benzene ring substituents is 1. The maximum Gasteiger partial charge on any atom is 0.408 e. The largest absolute Gasteiger partial charge is 0.465 e. The summed E-state index contributed by atoms with van der Waals surface area (Å²) in [6.45, 7) is 9.14. The summed E-state index contributed by atoms with van der Waals surface area (Å²) in [5.74, 6) is -1.49. The summed E-state index contributed by atoms with van der Waals surface area (Å²) < 4.78 is 16.0. The zero-order valence-corrected chi connectivity index (χ0v) is 27.6. The third-order valence-electron chi connectivity index (χ3n) is 8.60. The summed E-state index contributed by atoms with van der Waals surface area (Å²) in [4.78, 5) is 47.5. The van der Waals surface area contributed by atoms with E-state index in [2.05, 4.69) is 25.9 Å². The van der Waals surface area contributed by atoms with Crippen molar-refractivity contribution in [2.75, 3.05) is 10.6 Å². The van der Waals surface area contributed by atoms with E-state index >= 15 is 4.39 Å². The zero-order chi connectivity index (χ0) is 34.8. The van der Waals surface area contributed by atoms with Crippen LogP contribution in [0.3, 0.4) is 0 Å². The van der Waals surface area contributed by atoms with Crippen molar-refractivity contribution in [3.8, 4) is 0 Å². The molecule has 13 heteroatoms. The standard InChI is InChI=1S/C35H40FN7O5/c1-34(2,3)42(33(45)46)27-16-10-9-15-26(27)39-31-25(36)19-24(32(44)41-35(4,5)22-13-7-6-8-14-22)30(40-31)38-23-18-21-12-11-17-28(43(47)48)29(21)37-20-23/h6-8,11-14,17-20,26-27H,9-10,15-16H2,1-5H3,(H,41,44)(H,45,46)(H2,38,39,40)/t26-,27+/m0/s1. The normalized spacial score (nSPS) is 16.6. The fraction of sp³-hybridized carbons (Fsp3) is 0.371. The highest BCUT2D eigenvalue weighted by molar-refractivity contribution is 6.00.